The lowest BCUT2D eigenvalue weighted by atomic mass is 10.1. The minimum absolute atomic E-state index is 0.135. The van der Waals surface area contributed by atoms with Gasteiger partial charge in [0.2, 0.25) is 5.91 Å². The van der Waals surface area contributed by atoms with Crippen LogP contribution in [0.3, 0.4) is 0 Å². The lowest BCUT2D eigenvalue weighted by Crippen LogP contribution is -2.15. The number of rotatable bonds is 5. The van der Waals surface area contributed by atoms with Crippen molar-refractivity contribution in [3.63, 3.8) is 0 Å². The molecule has 0 radical (unpaired) electrons. The van der Waals surface area contributed by atoms with E-state index in [1.54, 1.807) is 12.1 Å². The lowest BCUT2D eigenvalue weighted by Gasteiger charge is -2.07. The van der Waals surface area contributed by atoms with E-state index in [-0.39, 0.29) is 17.9 Å². The second-order valence-electron chi connectivity index (χ2n) is 4.69. The van der Waals surface area contributed by atoms with Gasteiger partial charge in [-0.25, -0.2) is 8.78 Å². The standard InChI is InChI=1S/C16H16F2N2O/c1-19-10-11-2-6-14(7-3-11)20-16(21)8-12-4-5-13(17)9-15(12)18/h2-7,9,19H,8,10H2,1H3,(H,20,21). The number of benzene rings is 2. The molecule has 1 amide bonds. The van der Waals surface area contributed by atoms with Crippen molar-refractivity contribution in [1.82, 2.24) is 5.32 Å². The minimum Gasteiger partial charge on any atom is -0.326 e. The molecule has 0 aliphatic rings. The molecule has 3 nitrogen and oxygen atoms in total. The molecule has 0 fully saturated rings. The molecule has 0 saturated carbocycles. The van der Waals surface area contributed by atoms with Crippen molar-refractivity contribution >= 4 is 11.6 Å². The maximum absolute atomic E-state index is 13.5. The van der Waals surface area contributed by atoms with Crippen LogP contribution < -0.4 is 10.6 Å². The first-order chi connectivity index (χ1) is 10.1. The number of nitrogens with one attached hydrogen (secondary N) is 2. The SMILES string of the molecule is CNCc1ccc(NC(=O)Cc2ccc(F)cc2F)cc1. The zero-order valence-electron chi connectivity index (χ0n) is 11.6. The van der Waals surface area contributed by atoms with E-state index in [0.717, 1.165) is 24.2 Å². The van der Waals surface area contributed by atoms with Crippen LogP contribution in [0, 0.1) is 11.6 Å². The van der Waals surface area contributed by atoms with Gasteiger partial charge in [-0.05, 0) is 36.4 Å². The predicted octanol–water partition coefficient (Wildman–Crippen LogP) is 2.87. The first-order valence-corrected chi connectivity index (χ1v) is 6.56. The number of anilines is 1. The van der Waals surface area contributed by atoms with Gasteiger partial charge in [-0.3, -0.25) is 4.79 Å². The van der Waals surface area contributed by atoms with E-state index in [9.17, 15) is 13.6 Å². The number of halogens is 2. The van der Waals surface area contributed by atoms with Gasteiger partial charge in [0.1, 0.15) is 11.6 Å². The summed E-state index contributed by atoms with van der Waals surface area (Å²) in [5.74, 6) is -1.71. The average molecular weight is 290 g/mol. The molecular weight excluding hydrogens is 274 g/mol. The summed E-state index contributed by atoms with van der Waals surface area (Å²) in [7, 11) is 1.85. The van der Waals surface area contributed by atoms with E-state index in [2.05, 4.69) is 10.6 Å². The van der Waals surface area contributed by atoms with Crippen LogP contribution in [-0.4, -0.2) is 13.0 Å². The summed E-state index contributed by atoms with van der Waals surface area (Å²) in [6, 6.07) is 10.5. The fourth-order valence-electron chi connectivity index (χ4n) is 1.95. The van der Waals surface area contributed by atoms with Gasteiger partial charge in [0.05, 0.1) is 6.42 Å². The summed E-state index contributed by atoms with van der Waals surface area (Å²) < 4.78 is 26.2. The van der Waals surface area contributed by atoms with Crippen LogP contribution in [0.1, 0.15) is 11.1 Å². The predicted molar refractivity (Wildman–Crippen MR) is 77.9 cm³/mol. The Morgan fingerprint density at radius 3 is 2.43 bits per heavy atom. The normalized spacial score (nSPS) is 10.4. The smallest absolute Gasteiger partial charge is 0.228 e. The molecule has 2 aromatic rings. The number of amides is 1. The average Bonchev–Trinajstić information content (AvgIpc) is 2.44. The fraction of sp³-hybridized carbons (Fsp3) is 0.188. The third-order valence-corrected chi connectivity index (χ3v) is 2.98. The summed E-state index contributed by atoms with van der Waals surface area (Å²) in [6.45, 7) is 0.745. The van der Waals surface area contributed by atoms with Crippen LogP contribution in [0.4, 0.5) is 14.5 Å². The Bertz CT molecular complexity index is 627. The number of carbonyl (C=O) groups excluding carboxylic acids is 1. The van der Waals surface area contributed by atoms with Crippen LogP contribution >= 0.6 is 0 Å². The van der Waals surface area contributed by atoms with E-state index >= 15 is 0 Å². The molecule has 2 N–H and O–H groups in total. The van der Waals surface area contributed by atoms with Gasteiger partial charge in [0.15, 0.2) is 0 Å². The molecule has 2 aromatic carbocycles. The van der Waals surface area contributed by atoms with Gasteiger partial charge in [0, 0.05) is 18.3 Å². The summed E-state index contributed by atoms with van der Waals surface area (Å²) in [5, 5.41) is 5.71. The highest BCUT2D eigenvalue weighted by Gasteiger charge is 2.09. The molecule has 5 heteroatoms. The van der Waals surface area contributed by atoms with Gasteiger partial charge in [-0.15, -0.1) is 0 Å². The Hall–Kier alpha value is -2.27. The maximum Gasteiger partial charge on any atom is 0.228 e. The molecule has 0 heterocycles. The van der Waals surface area contributed by atoms with Crippen molar-refractivity contribution in [3.05, 3.63) is 65.2 Å². The molecule has 0 spiro atoms. The van der Waals surface area contributed by atoms with Crippen molar-refractivity contribution in [1.29, 1.82) is 0 Å². The molecule has 0 bridgehead atoms. The Morgan fingerprint density at radius 2 is 1.81 bits per heavy atom. The van der Waals surface area contributed by atoms with E-state index < -0.39 is 11.6 Å². The molecule has 0 aromatic heterocycles. The number of hydrogen-bond donors (Lipinski definition) is 2. The zero-order valence-corrected chi connectivity index (χ0v) is 11.6. The second-order valence-corrected chi connectivity index (χ2v) is 4.69. The Balaban J connectivity index is 1.98. The molecular formula is C16H16F2N2O. The van der Waals surface area contributed by atoms with Crippen LogP contribution in [0.5, 0.6) is 0 Å². The van der Waals surface area contributed by atoms with Gasteiger partial charge in [-0.1, -0.05) is 18.2 Å². The van der Waals surface area contributed by atoms with Crippen LogP contribution in [0.25, 0.3) is 0 Å². The highest BCUT2D eigenvalue weighted by atomic mass is 19.1. The summed E-state index contributed by atoms with van der Waals surface area (Å²) >= 11 is 0. The van der Waals surface area contributed by atoms with Crippen molar-refractivity contribution < 1.29 is 13.6 Å². The quantitative estimate of drug-likeness (QED) is 0.889. The third kappa shape index (κ3) is 4.36. The highest BCUT2D eigenvalue weighted by molar-refractivity contribution is 5.92. The summed E-state index contributed by atoms with van der Waals surface area (Å²) in [5.41, 5.74) is 1.91. The van der Waals surface area contributed by atoms with Crippen molar-refractivity contribution in [2.75, 3.05) is 12.4 Å². The molecule has 0 atom stereocenters. The zero-order chi connectivity index (χ0) is 15.2. The van der Waals surface area contributed by atoms with Crippen molar-refractivity contribution in [2.24, 2.45) is 0 Å². The molecule has 0 unspecified atom stereocenters. The Labute approximate surface area is 122 Å². The minimum atomic E-state index is -0.713. The van der Waals surface area contributed by atoms with Gasteiger partial charge < -0.3 is 10.6 Å². The Kier molecular flexibility index (Phi) is 5.00. The number of carbonyl (C=O) groups is 1. The third-order valence-electron chi connectivity index (χ3n) is 2.98. The van der Waals surface area contributed by atoms with Crippen LogP contribution in [0.15, 0.2) is 42.5 Å². The van der Waals surface area contributed by atoms with Crippen molar-refractivity contribution in [2.45, 2.75) is 13.0 Å². The van der Waals surface area contributed by atoms with Crippen LogP contribution in [-0.2, 0) is 17.8 Å². The first-order valence-electron chi connectivity index (χ1n) is 6.56. The first kappa shape index (κ1) is 15.1. The highest BCUT2D eigenvalue weighted by Crippen LogP contribution is 2.13. The van der Waals surface area contributed by atoms with E-state index in [4.69, 9.17) is 0 Å². The second kappa shape index (κ2) is 6.95. The molecule has 110 valence electrons. The molecule has 21 heavy (non-hydrogen) atoms. The monoisotopic (exact) mass is 290 g/mol. The summed E-state index contributed by atoms with van der Waals surface area (Å²) in [6.07, 6.45) is -0.135. The lowest BCUT2D eigenvalue weighted by molar-refractivity contribution is -0.115. The van der Waals surface area contributed by atoms with Gasteiger partial charge in [0.25, 0.3) is 0 Å². The van der Waals surface area contributed by atoms with E-state index in [1.807, 2.05) is 19.2 Å². The van der Waals surface area contributed by atoms with E-state index in [1.165, 1.54) is 6.07 Å². The molecule has 0 aliphatic heterocycles. The molecule has 0 saturated heterocycles. The van der Waals surface area contributed by atoms with Gasteiger partial charge in [-0.2, -0.15) is 0 Å². The maximum atomic E-state index is 13.5. The Morgan fingerprint density at radius 1 is 1.10 bits per heavy atom. The molecule has 2 rings (SSSR count). The van der Waals surface area contributed by atoms with Crippen LogP contribution in [0.2, 0.25) is 0 Å². The fourth-order valence-corrected chi connectivity index (χ4v) is 1.95. The van der Waals surface area contributed by atoms with E-state index in [0.29, 0.717) is 5.69 Å². The van der Waals surface area contributed by atoms with Gasteiger partial charge >= 0.3 is 0 Å². The summed E-state index contributed by atoms with van der Waals surface area (Å²) in [4.78, 5) is 11.8. The van der Waals surface area contributed by atoms with Crippen molar-refractivity contribution in [3.8, 4) is 0 Å². The topological polar surface area (TPSA) is 41.1 Å². The number of hydrogen-bond acceptors (Lipinski definition) is 2. The molecule has 0 aliphatic carbocycles. The largest absolute Gasteiger partial charge is 0.326 e.